The summed E-state index contributed by atoms with van der Waals surface area (Å²) < 4.78 is 1.48. The summed E-state index contributed by atoms with van der Waals surface area (Å²) >= 11 is 12.0. The van der Waals surface area contributed by atoms with E-state index in [9.17, 15) is 19.8 Å². The van der Waals surface area contributed by atoms with E-state index in [0.717, 1.165) is 12.8 Å². The highest BCUT2D eigenvalue weighted by molar-refractivity contribution is 6.42. The summed E-state index contributed by atoms with van der Waals surface area (Å²) in [6, 6.07) is 9.22. The molecule has 0 radical (unpaired) electrons. The molecule has 0 amide bonds. The molecule has 0 fully saturated rings. The number of benzene rings is 2. The number of aromatic hydroxyl groups is 1. The predicted molar refractivity (Wildman–Crippen MR) is 114 cm³/mol. The first-order valence-electron chi connectivity index (χ1n) is 9.32. The van der Waals surface area contributed by atoms with Gasteiger partial charge in [0.05, 0.1) is 21.5 Å². The van der Waals surface area contributed by atoms with Crippen LogP contribution in [0.1, 0.15) is 53.7 Å². The van der Waals surface area contributed by atoms with Crippen LogP contribution in [0.5, 0.6) is 5.75 Å². The smallest absolute Gasteiger partial charge is 0.311 e. The van der Waals surface area contributed by atoms with E-state index in [1.54, 1.807) is 25.1 Å². The second kappa shape index (κ2) is 8.47. The lowest BCUT2D eigenvalue weighted by atomic mass is 9.91. The number of carbonyl (C=O) groups is 2. The van der Waals surface area contributed by atoms with E-state index in [2.05, 4.69) is 0 Å². The first kappa shape index (κ1) is 21.2. The Labute approximate surface area is 178 Å². The van der Waals surface area contributed by atoms with Crippen molar-refractivity contribution in [2.45, 2.75) is 39.0 Å². The van der Waals surface area contributed by atoms with E-state index in [1.807, 2.05) is 6.92 Å². The fourth-order valence-corrected chi connectivity index (χ4v) is 3.99. The zero-order valence-corrected chi connectivity index (χ0v) is 17.6. The Hall–Kier alpha value is -2.50. The fraction of sp³-hybridized carbons (Fsp3) is 0.273. The molecule has 0 unspecified atom stereocenters. The van der Waals surface area contributed by atoms with Gasteiger partial charge >= 0.3 is 5.97 Å². The van der Waals surface area contributed by atoms with Crippen LogP contribution in [-0.2, 0) is 4.79 Å². The van der Waals surface area contributed by atoms with Gasteiger partial charge in [0.25, 0.3) is 5.91 Å². The molecule has 0 aliphatic heterocycles. The minimum atomic E-state index is -0.953. The van der Waals surface area contributed by atoms with Crippen LogP contribution in [0.15, 0.2) is 36.4 Å². The normalized spacial score (nSPS) is 12.3. The van der Waals surface area contributed by atoms with Crippen LogP contribution in [0.4, 0.5) is 0 Å². The maximum Gasteiger partial charge on any atom is 0.311 e. The van der Waals surface area contributed by atoms with Crippen LogP contribution in [0.2, 0.25) is 10.0 Å². The van der Waals surface area contributed by atoms with Crippen LogP contribution in [-0.4, -0.2) is 26.7 Å². The van der Waals surface area contributed by atoms with Gasteiger partial charge in [-0.15, -0.1) is 0 Å². The molecular weight excluding hydrogens is 413 g/mol. The molecule has 0 saturated carbocycles. The maximum absolute atomic E-state index is 13.3. The summed E-state index contributed by atoms with van der Waals surface area (Å²) in [6.07, 6.45) is 2.04. The highest BCUT2D eigenvalue weighted by Crippen LogP contribution is 2.37. The number of carbonyl (C=O) groups excluding carboxylic acids is 1. The van der Waals surface area contributed by atoms with Crippen molar-refractivity contribution in [3.63, 3.8) is 0 Å². The van der Waals surface area contributed by atoms with E-state index in [1.165, 1.54) is 22.8 Å². The van der Waals surface area contributed by atoms with Crippen molar-refractivity contribution >= 4 is 46.0 Å². The van der Waals surface area contributed by atoms with Crippen LogP contribution >= 0.6 is 23.2 Å². The highest BCUT2D eigenvalue weighted by Gasteiger charge is 2.29. The lowest BCUT2D eigenvalue weighted by molar-refractivity contribution is -0.139. The minimum absolute atomic E-state index is 0.0116. The molecule has 3 rings (SSSR count). The quantitative estimate of drug-likeness (QED) is 0.498. The number of aromatic nitrogens is 1. The molecule has 7 heteroatoms. The number of unbranched alkanes of at least 4 members (excludes halogenated alkanes) is 1. The van der Waals surface area contributed by atoms with Gasteiger partial charge < -0.3 is 10.2 Å². The molecule has 0 spiro atoms. The number of fused-ring (bicyclic) bond motifs is 1. The molecule has 1 atom stereocenters. The van der Waals surface area contributed by atoms with E-state index in [4.69, 9.17) is 23.2 Å². The Bertz CT molecular complexity index is 1100. The number of carboxylic acid groups (broad SMARTS) is 1. The molecule has 5 nitrogen and oxygen atoms in total. The number of halogens is 2. The Kier molecular flexibility index (Phi) is 6.20. The molecule has 2 aromatic carbocycles. The average Bonchev–Trinajstić information content (AvgIpc) is 2.95. The van der Waals surface area contributed by atoms with Crippen LogP contribution in [0.25, 0.3) is 10.9 Å². The molecule has 2 N–H and O–H groups in total. The molecule has 29 heavy (non-hydrogen) atoms. The van der Waals surface area contributed by atoms with Gasteiger partial charge in [-0.2, -0.15) is 0 Å². The molecule has 0 aliphatic carbocycles. The number of phenols is 1. The predicted octanol–water partition coefficient (Wildman–Crippen LogP) is 6.01. The third kappa shape index (κ3) is 3.98. The van der Waals surface area contributed by atoms with Crippen molar-refractivity contribution in [3.05, 3.63) is 63.3 Å². The molecule has 0 saturated heterocycles. The van der Waals surface area contributed by atoms with Crippen molar-refractivity contribution in [2.24, 2.45) is 0 Å². The zero-order valence-electron chi connectivity index (χ0n) is 16.1. The first-order chi connectivity index (χ1) is 13.8. The standard InChI is InChI=1S/C22H21Cl2NO4/c1-3-4-5-15(22(28)29)20-12(2)25(19-9-7-14(26)11-16(19)20)21(27)13-6-8-17(23)18(24)10-13/h6-11,15,26H,3-5H2,1-2H3,(H,28,29)/t15-/m0/s1. The number of phenolic OH excluding ortho intramolecular Hbond substituents is 1. The van der Waals surface area contributed by atoms with Gasteiger partial charge in [-0.05, 0) is 55.3 Å². The molecule has 152 valence electrons. The lowest BCUT2D eigenvalue weighted by Crippen LogP contribution is -2.16. The Morgan fingerprint density at radius 2 is 1.83 bits per heavy atom. The molecular formula is C22H21Cl2NO4. The largest absolute Gasteiger partial charge is 0.508 e. The second-order valence-corrected chi connectivity index (χ2v) is 7.82. The number of carboxylic acids is 1. The number of rotatable bonds is 6. The molecule has 0 aliphatic rings. The topological polar surface area (TPSA) is 79.5 Å². The Morgan fingerprint density at radius 3 is 2.45 bits per heavy atom. The van der Waals surface area contributed by atoms with E-state index >= 15 is 0 Å². The average molecular weight is 434 g/mol. The Balaban J connectivity index is 2.25. The highest BCUT2D eigenvalue weighted by atomic mass is 35.5. The van der Waals surface area contributed by atoms with E-state index in [0.29, 0.717) is 39.2 Å². The van der Waals surface area contributed by atoms with Gasteiger partial charge in [-0.25, -0.2) is 0 Å². The monoisotopic (exact) mass is 433 g/mol. The number of hydrogen-bond acceptors (Lipinski definition) is 3. The summed E-state index contributed by atoms with van der Waals surface area (Å²) in [4.78, 5) is 25.3. The van der Waals surface area contributed by atoms with Gasteiger partial charge in [-0.3, -0.25) is 14.2 Å². The lowest BCUT2D eigenvalue weighted by Gasteiger charge is -2.14. The summed E-state index contributed by atoms with van der Waals surface area (Å²) in [7, 11) is 0. The van der Waals surface area contributed by atoms with Crippen molar-refractivity contribution in [1.29, 1.82) is 0 Å². The molecule has 3 aromatic rings. The summed E-state index contributed by atoms with van der Waals surface area (Å²) in [6.45, 7) is 3.72. The second-order valence-electron chi connectivity index (χ2n) is 7.00. The van der Waals surface area contributed by atoms with Gasteiger partial charge in [-0.1, -0.05) is 43.0 Å². The number of aliphatic carboxylic acids is 1. The summed E-state index contributed by atoms with van der Waals surface area (Å²) in [5.41, 5.74) is 1.95. The first-order valence-corrected chi connectivity index (χ1v) is 10.1. The fourth-order valence-electron chi connectivity index (χ4n) is 3.69. The number of nitrogens with zero attached hydrogens (tertiary/aromatic N) is 1. The van der Waals surface area contributed by atoms with E-state index in [-0.39, 0.29) is 16.7 Å². The summed E-state index contributed by atoms with van der Waals surface area (Å²) in [5, 5.41) is 21.0. The Morgan fingerprint density at radius 1 is 1.10 bits per heavy atom. The molecule has 1 aromatic heterocycles. The number of hydrogen-bond donors (Lipinski definition) is 2. The van der Waals surface area contributed by atoms with Crippen molar-refractivity contribution in [1.82, 2.24) is 4.57 Å². The van der Waals surface area contributed by atoms with Crippen LogP contribution in [0.3, 0.4) is 0 Å². The van der Waals surface area contributed by atoms with Crippen LogP contribution < -0.4 is 0 Å². The van der Waals surface area contributed by atoms with E-state index < -0.39 is 11.9 Å². The van der Waals surface area contributed by atoms with Crippen LogP contribution in [0, 0.1) is 6.92 Å². The third-order valence-corrected chi connectivity index (χ3v) is 5.84. The molecule has 0 bridgehead atoms. The third-order valence-electron chi connectivity index (χ3n) is 5.10. The van der Waals surface area contributed by atoms with Gasteiger partial charge in [0.2, 0.25) is 0 Å². The SMILES string of the molecule is CCCC[C@H](C(=O)O)c1c(C)n(C(=O)c2ccc(Cl)c(Cl)c2)c2ccc(O)cc12. The van der Waals surface area contributed by atoms with Crippen molar-refractivity contribution in [2.75, 3.05) is 0 Å². The molecule has 1 heterocycles. The van der Waals surface area contributed by atoms with Gasteiger partial charge in [0.1, 0.15) is 5.75 Å². The maximum atomic E-state index is 13.3. The van der Waals surface area contributed by atoms with Crippen molar-refractivity contribution in [3.8, 4) is 5.75 Å². The van der Waals surface area contributed by atoms with Gasteiger partial charge in [0.15, 0.2) is 0 Å². The summed E-state index contributed by atoms with van der Waals surface area (Å²) in [5.74, 6) is -2.06. The van der Waals surface area contributed by atoms with Gasteiger partial charge in [0, 0.05) is 16.6 Å². The zero-order chi connectivity index (χ0) is 21.3. The van der Waals surface area contributed by atoms with Crippen molar-refractivity contribution < 1.29 is 19.8 Å². The minimum Gasteiger partial charge on any atom is -0.508 e.